The van der Waals surface area contributed by atoms with Gasteiger partial charge in [0.1, 0.15) is 5.82 Å². The number of aromatic amines is 2. The largest absolute Gasteiger partial charge is 0.382 e. The van der Waals surface area contributed by atoms with Gasteiger partial charge >= 0.3 is 0 Å². The summed E-state index contributed by atoms with van der Waals surface area (Å²) in [5.74, 6) is 1.37. The monoisotopic (exact) mass is 502 g/mol. The van der Waals surface area contributed by atoms with Crippen molar-refractivity contribution >= 4 is 28.3 Å². The van der Waals surface area contributed by atoms with E-state index in [1.54, 1.807) is 12.3 Å². The van der Waals surface area contributed by atoms with Crippen LogP contribution in [-0.4, -0.2) is 37.5 Å². The Kier molecular flexibility index (Phi) is 6.87. The molecular weight excluding hydrogens is 472 g/mol. The standard InChI is InChI=1S/C26H30N8O3/c27-13-15-4-6-17(7-5-15)26(35)31-22(11-16-2-1-3-19(10-16)34(36)37)25-29-14-23(30-25)18-8-9-20-21(12-18)32-33-24(20)28/h1-3,8-10,12,14-15,17,22H,4-7,11,13,27H2,(H,29,30)(H,31,35)(H3,28,32,33)/t15?,17?,22-/m0/s1. The first-order valence-electron chi connectivity index (χ1n) is 12.4. The molecule has 7 N–H and O–H groups in total. The number of nitrogen functional groups attached to an aromatic ring is 1. The van der Waals surface area contributed by atoms with Crippen LogP contribution in [0.15, 0.2) is 48.7 Å². The smallest absolute Gasteiger partial charge is 0.269 e. The zero-order valence-electron chi connectivity index (χ0n) is 20.3. The molecule has 1 amide bonds. The van der Waals surface area contributed by atoms with Crippen LogP contribution in [0.25, 0.3) is 22.2 Å². The second-order valence-corrected chi connectivity index (χ2v) is 9.70. The number of imidazole rings is 1. The average molecular weight is 503 g/mol. The van der Waals surface area contributed by atoms with Crippen molar-refractivity contribution in [1.29, 1.82) is 0 Å². The molecule has 1 atom stereocenters. The summed E-state index contributed by atoms with van der Waals surface area (Å²) < 4.78 is 0. The van der Waals surface area contributed by atoms with Crippen molar-refractivity contribution in [3.8, 4) is 11.3 Å². The Morgan fingerprint density at radius 3 is 2.76 bits per heavy atom. The van der Waals surface area contributed by atoms with Crippen LogP contribution in [-0.2, 0) is 11.2 Å². The molecule has 1 fully saturated rings. The van der Waals surface area contributed by atoms with E-state index < -0.39 is 11.0 Å². The minimum Gasteiger partial charge on any atom is -0.382 e. The maximum atomic E-state index is 13.3. The van der Waals surface area contributed by atoms with Gasteiger partial charge in [0.05, 0.1) is 28.4 Å². The summed E-state index contributed by atoms with van der Waals surface area (Å²) in [6.45, 7) is 0.649. The van der Waals surface area contributed by atoms with Gasteiger partial charge in [-0.1, -0.05) is 18.2 Å². The van der Waals surface area contributed by atoms with Crippen LogP contribution >= 0.6 is 0 Å². The third-order valence-electron chi connectivity index (χ3n) is 7.26. The fourth-order valence-corrected chi connectivity index (χ4v) is 5.07. The maximum Gasteiger partial charge on any atom is 0.269 e. The van der Waals surface area contributed by atoms with Crippen molar-refractivity contribution in [3.05, 3.63) is 70.2 Å². The van der Waals surface area contributed by atoms with Crippen molar-refractivity contribution in [2.75, 3.05) is 12.3 Å². The number of hydrogen-bond acceptors (Lipinski definition) is 7. The minimum absolute atomic E-state index is 0.00921. The molecule has 192 valence electrons. The van der Waals surface area contributed by atoms with Crippen molar-refractivity contribution < 1.29 is 9.72 Å². The van der Waals surface area contributed by atoms with E-state index in [0.29, 0.717) is 30.5 Å². The predicted octanol–water partition coefficient (Wildman–Crippen LogP) is 3.61. The summed E-state index contributed by atoms with van der Waals surface area (Å²) in [5, 5.41) is 22.3. The molecule has 0 aliphatic heterocycles. The first-order valence-corrected chi connectivity index (χ1v) is 12.4. The van der Waals surface area contributed by atoms with Crippen molar-refractivity contribution in [2.24, 2.45) is 17.6 Å². The van der Waals surface area contributed by atoms with Crippen molar-refractivity contribution in [1.82, 2.24) is 25.5 Å². The van der Waals surface area contributed by atoms with E-state index in [0.717, 1.165) is 53.4 Å². The second kappa shape index (κ2) is 10.4. The number of benzene rings is 2. The van der Waals surface area contributed by atoms with Crippen molar-refractivity contribution in [2.45, 2.75) is 38.1 Å². The minimum atomic E-state index is -0.484. The molecular formula is C26H30N8O3. The molecule has 4 aromatic rings. The number of fused-ring (bicyclic) bond motifs is 1. The van der Waals surface area contributed by atoms with Gasteiger partial charge in [-0.05, 0) is 55.8 Å². The Balaban J connectivity index is 1.40. The highest BCUT2D eigenvalue weighted by atomic mass is 16.6. The number of nitro benzene ring substituents is 1. The summed E-state index contributed by atoms with van der Waals surface area (Å²) in [7, 11) is 0. The molecule has 2 heterocycles. The molecule has 37 heavy (non-hydrogen) atoms. The van der Waals surface area contributed by atoms with Crippen LogP contribution in [0.4, 0.5) is 11.5 Å². The van der Waals surface area contributed by atoms with Gasteiger partial charge in [0.25, 0.3) is 5.69 Å². The third kappa shape index (κ3) is 5.31. The van der Waals surface area contributed by atoms with Gasteiger partial charge in [-0.25, -0.2) is 4.98 Å². The van der Waals surface area contributed by atoms with Crippen LogP contribution in [0, 0.1) is 22.0 Å². The third-order valence-corrected chi connectivity index (χ3v) is 7.26. The molecule has 1 aliphatic rings. The molecule has 2 aromatic carbocycles. The summed E-state index contributed by atoms with van der Waals surface area (Å²) in [6.07, 6.45) is 5.55. The molecule has 0 spiro atoms. The van der Waals surface area contributed by atoms with Gasteiger partial charge in [0, 0.05) is 35.4 Å². The Hall–Kier alpha value is -4.25. The number of nitrogens with two attached hydrogens (primary N) is 2. The number of carbonyl (C=O) groups is 1. The number of carbonyl (C=O) groups excluding carboxylic acids is 1. The van der Waals surface area contributed by atoms with E-state index in [1.165, 1.54) is 12.1 Å². The Morgan fingerprint density at radius 1 is 1.19 bits per heavy atom. The first-order chi connectivity index (χ1) is 17.9. The SMILES string of the molecule is NCC1CCC(C(=O)N[C@@H](Cc2cccc([N+](=O)[O-])c2)c2ncc(-c3ccc4c(N)n[nH]c4c3)[nH]2)CC1. The highest BCUT2D eigenvalue weighted by Crippen LogP contribution is 2.30. The molecule has 0 radical (unpaired) electrons. The van der Waals surface area contributed by atoms with E-state index in [-0.39, 0.29) is 17.5 Å². The molecule has 1 aliphatic carbocycles. The predicted molar refractivity (Wildman–Crippen MR) is 140 cm³/mol. The Morgan fingerprint density at radius 2 is 2.00 bits per heavy atom. The summed E-state index contributed by atoms with van der Waals surface area (Å²) in [5.41, 5.74) is 14.9. The molecule has 11 nitrogen and oxygen atoms in total. The fraction of sp³-hybridized carbons (Fsp3) is 0.346. The van der Waals surface area contributed by atoms with Crippen LogP contribution in [0.2, 0.25) is 0 Å². The van der Waals surface area contributed by atoms with Crippen LogP contribution < -0.4 is 16.8 Å². The molecule has 5 rings (SSSR count). The number of amides is 1. The van der Waals surface area contributed by atoms with Gasteiger partial charge in [0.2, 0.25) is 5.91 Å². The lowest BCUT2D eigenvalue weighted by molar-refractivity contribution is -0.384. The molecule has 0 bridgehead atoms. The number of rotatable bonds is 8. The van der Waals surface area contributed by atoms with E-state index in [1.807, 2.05) is 24.3 Å². The molecule has 0 saturated heterocycles. The summed E-state index contributed by atoms with van der Waals surface area (Å²) >= 11 is 0. The molecule has 2 aromatic heterocycles. The molecule has 0 unspecified atom stereocenters. The zero-order valence-corrected chi connectivity index (χ0v) is 20.3. The van der Waals surface area contributed by atoms with E-state index in [9.17, 15) is 14.9 Å². The molecule has 11 heteroatoms. The van der Waals surface area contributed by atoms with Gasteiger partial charge in [-0.3, -0.25) is 20.0 Å². The fourth-order valence-electron chi connectivity index (χ4n) is 5.07. The quantitative estimate of drug-likeness (QED) is 0.180. The van der Waals surface area contributed by atoms with Gasteiger partial charge < -0.3 is 21.8 Å². The van der Waals surface area contributed by atoms with Crippen LogP contribution in [0.1, 0.15) is 43.1 Å². The van der Waals surface area contributed by atoms with Crippen molar-refractivity contribution in [3.63, 3.8) is 0 Å². The summed E-state index contributed by atoms with van der Waals surface area (Å²) in [4.78, 5) is 32.1. The highest BCUT2D eigenvalue weighted by Gasteiger charge is 2.28. The lowest BCUT2D eigenvalue weighted by Gasteiger charge is -2.28. The van der Waals surface area contributed by atoms with E-state index in [4.69, 9.17) is 11.5 Å². The number of aromatic nitrogens is 4. The van der Waals surface area contributed by atoms with Gasteiger partial charge in [0.15, 0.2) is 5.82 Å². The number of nitro groups is 1. The Labute approximate surface area is 213 Å². The topological polar surface area (TPSA) is 182 Å². The lowest BCUT2D eigenvalue weighted by Crippen LogP contribution is -2.37. The van der Waals surface area contributed by atoms with E-state index in [2.05, 4.69) is 25.5 Å². The number of nitrogens with one attached hydrogen (secondary N) is 3. The maximum absolute atomic E-state index is 13.3. The second-order valence-electron chi connectivity index (χ2n) is 9.70. The van der Waals surface area contributed by atoms with Gasteiger partial charge in [-0.15, -0.1) is 0 Å². The lowest BCUT2D eigenvalue weighted by atomic mass is 9.81. The Bertz CT molecular complexity index is 1420. The number of hydrogen-bond donors (Lipinski definition) is 5. The number of nitrogens with zero attached hydrogens (tertiary/aromatic N) is 3. The number of non-ortho nitro benzene ring substituents is 1. The average Bonchev–Trinajstić information content (AvgIpc) is 3.55. The van der Waals surface area contributed by atoms with Gasteiger partial charge in [-0.2, -0.15) is 5.10 Å². The van der Waals surface area contributed by atoms with E-state index >= 15 is 0 Å². The highest BCUT2D eigenvalue weighted by molar-refractivity contribution is 5.91. The normalized spacial score (nSPS) is 18.5. The van der Waals surface area contributed by atoms with Crippen LogP contribution in [0.5, 0.6) is 0 Å². The summed E-state index contributed by atoms with van der Waals surface area (Å²) in [6, 6.07) is 11.7. The number of H-pyrrole nitrogens is 2. The molecule has 1 saturated carbocycles. The first kappa shape index (κ1) is 24.4. The van der Waals surface area contributed by atoms with Crippen LogP contribution in [0.3, 0.4) is 0 Å². The number of anilines is 1. The zero-order chi connectivity index (χ0) is 25.9.